The van der Waals surface area contributed by atoms with Gasteiger partial charge >= 0.3 is 0 Å². The van der Waals surface area contributed by atoms with Crippen LogP contribution in [0.5, 0.6) is 0 Å². The Morgan fingerprint density at radius 1 is 1.19 bits per heavy atom. The van der Waals surface area contributed by atoms with E-state index in [4.69, 9.17) is 0 Å². The minimum absolute atomic E-state index is 0.114. The molecule has 1 atom stereocenters. The summed E-state index contributed by atoms with van der Waals surface area (Å²) < 4.78 is 0. The fourth-order valence-corrected chi connectivity index (χ4v) is 3.90. The van der Waals surface area contributed by atoms with Gasteiger partial charge in [0.1, 0.15) is 6.04 Å². The zero-order valence-electron chi connectivity index (χ0n) is 14.7. The summed E-state index contributed by atoms with van der Waals surface area (Å²) in [6.07, 6.45) is 1.83. The van der Waals surface area contributed by atoms with Gasteiger partial charge in [0.25, 0.3) is 5.91 Å². The number of hydrogen-bond donors (Lipinski definition) is 3. The molecule has 0 bridgehead atoms. The third-order valence-corrected chi connectivity index (χ3v) is 5.59. The van der Waals surface area contributed by atoms with Crippen molar-refractivity contribution in [2.45, 2.75) is 38.4 Å². The number of piperidine rings is 1. The molecule has 2 fully saturated rings. The topological polar surface area (TPSA) is 90.5 Å². The van der Waals surface area contributed by atoms with E-state index in [0.717, 1.165) is 49.6 Å². The minimum atomic E-state index is -0.556. The summed E-state index contributed by atoms with van der Waals surface area (Å²) >= 11 is 0. The van der Waals surface area contributed by atoms with Gasteiger partial charge < -0.3 is 15.5 Å². The van der Waals surface area contributed by atoms with Gasteiger partial charge in [-0.15, -0.1) is 0 Å². The number of fused-ring (bicyclic) bond motifs is 1. The largest absolute Gasteiger partial charge is 0.322 e. The highest BCUT2D eigenvalue weighted by Crippen LogP contribution is 2.29. The van der Waals surface area contributed by atoms with Gasteiger partial charge in [-0.2, -0.15) is 0 Å². The molecule has 2 saturated heterocycles. The molecule has 3 aliphatic heterocycles. The molecule has 138 valence electrons. The lowest BCUT2D eigenvalue weighted by molar-refractivity contribution is -0.136. The maximum absolute atomic E-state index is 12.8. The summed E-state index contributed by atoms with van der Waals surface area (Å²) in [5.41, 5.74) is 2.79. The Morgan fingerprint density at radius 3 is 2.77 bits per heavy atom. The van der Waals surface area contributed by atoms with E-state index in [9.17, 15) is 14.4 Å². The number of imide groups is 1. The number of nitrogens with one attached hydrogen (secondary N) is 3. The van der Waals surface area contributed by atoms with Crippen LogP contribution in [0.4, 0.5) is 0 Å². The first-order chi connectivity index (χ1) is 12.6. The molecule has 4 rings (SSSR count). The lowest BCUT2D eigenvalue weighted by Gasteiger charge is -2.29. The van der Waals surface area contributed by atoms with Crippen molar-refractivity contribution in [3.8, 4) is 0 Å². The Hall–Kier alpha value is -2.25. The van der Waals surface area contributed by atoms with Crippen molar-refractivity contribution in [1.29, 1.82) is 0 Å². The molecule has 0 radical (unpaired) electrons. The number of nitrogens with zero attached hydrogens (tertiary/aromatic N) is 1. The molecule has 7 nitrogen and oxygen atoms in total. The van der Waals surface area contributed by atoms with Crippen LogP contribution in [0.3, 0.4) is 0 Å². The molecule has 1 aromatic carbocycles. The molecule has 3 aliphatic rings. The van der Waals surface area contributed by atoms with E-state index < -0.39 is 6.04 Å². The van der Waals surface area contributed by atoms with Gasteiger partial charge in [0.05, 0.1) is 0 Å². The van der Waals surface area contributed by atoms with Crippen LogP contribution in [0, 0.1) is 5.92 Å². The number of carbonyl (C=O) groups is 3. The summed E-state index contributed by atoms with van der Waals surface area (Å²) in [7, 11) is 0. The standard InChI is InChI=1S/C19H24N4O3/c24-17-5-4-16(18(25)22-17)23-11-15-13(2-1-3-14(15)19(23)26)10-20-7-6-12-8-21-9-12/h1-3,12,16,20-21H,4-11H2,(H,22,24,25). The minimum Gasteiger partial charge on any atom is -0.322 e. The molecular weight excluding hydrogens is 332 g/mol. The van der Waals surface area contributed by atoms with Crippen LogP contribution < -0.4 is 16.0 Å². The lowest BCUT2D eigenvalue weighted by Crippen LogP contribution is -2.52. The molecule has 1 unspecified atom stereocenters. The summed E-state index contributed by atoms with van der Waals surface area (Å²) in [4.78, 5) is 37.9. The normalized spacial score (nSPS) is 23.0. The highest BCUT2D eigenvalue weighted by Gasteiger charge is 2.39. The number of carbonyl (C=O) groups excluding carboxylic acids is 3. The number of hydrogen-bond acceptors (Lipinski definition) is 5. The monoisotopic (exact) mass is 356 g/mol. The molecule has 0 saturated carbocycles. The van der Waals surface area contributed by atoms with Crippen LogP contribution in [0.2, 0.25) is 0 Å². The van der Waals surface area contributed by atoms with Crippen LogP contribution in [-0.2, 0) is 22.7 Å². The van der Waals surface area contributed by atoms with E-state index in [1.807, 2.05) is 18.2 Å². The fourth-order valence-electron chi connectivity index (χ4n) is 3.90. The van der Waals surface area contributed by atoms with Crippen LogP contribution in [0.1, 0.15) is 40.7 Å². The maximum Gasteiger partial charge on any atom is 0.255 e. The third-order valence-electron chi connectivity index (χ3n) is 5.59. The van der Waals surface area contributed by atoms with E-state index in [-0.39, 0.29) is 24.1 Å². The van der Waals surface area contributed by atoms with Crippen molar-refractivity contribution < 1.29 is 14.4 Å². The van der Waals surface area contributed by atoms with E-state index >= 15 is 0 Å². The van der Waals surface area contributed by atoms with E-state index in [1.54, 1.807) is 4.90 Å². The van der Waals surface area contributed by atoms with Gasteiger partial charge in [-0.05, 0) is 55.6 Å². The molecule has 26 heavy (non-hydrogen) atoms. The summed E-state index contributed by atoms with van der Waals surface area (Å²) in [6.45, 7) is 4.33. The SMILES string of the molecule is O=C1CCC(N2Cc3c(CNCCC4CNC4)cccc3C2=O)C(=O)N1. The highest BCUT2D eigenvalue weighted by molar-refractivity contribution is 6.05. The van der Waals surface area contributed by atoms with Crippen molar-refractivity contribution in [2.75, 3.05) is 19.6 Å². The van der Waals surface area contributed by atoms with Gasteiger partial charge in [-0.3, -0.25) is 19.7 Å². The molecule has 0 aromatic heterocycles. The van der Waals surface area contributed by atoms with Crippen LogP contribution >= 0.6 is 0 Å². The first-order valence-electron chi connectivity index (χ1n) is 9.30. The molecule has 0 aliphatic carbocycles. The molecule has 1 aromatic rings. The van der Waals surface area contributed by atoms with Crippen molar-refractivity contribution in [1.82, 2.24) is 20.9 Å². The first-order valence-corrected chi connectivity index (χ1v) is 9.30. The first kappa shape index (κ1) is 17.2. The second-order valence-electron chi connectivity index (χ2n) is 7.33. The van der Waals surface area contributed by atoms with Crippen LogP contribution in [0.25, 0.3) is 0 Å². The molecule has 3 heterocycles. The highest BCUT2D eigenvalue weighted by atomic mass is 16.2. The maximum atomic E-state index is 12.8. The Balaban J connectivity index is 1.42. The summed E-state index contributed by atoms with van der Waals surface area (Å²) in [5, 5.41) is 9.09. The molecule has 3 amide bonds. The van der Waals surface area contributed by atoms with Gasteiger partial charge in [0, 0.05) is 25.1 Å². The smallest absolute Gasteiger partial charge is 0.255 e. The molecule has 3 N–H and O–H groups in total. The molecular formula is C19H24N4O3. The van der Waals surface area contributed by atoms with Crippen molar-refractivity contribution in [2.24, 2.45) is 5.92 Å². The number of rotatable bonds is 6. The predicted octanol–water partition coefficient (Wildman–Crippen LogP) is 0.147. The third kappa shape index (κ3) is 3.24. The average Bonchev–Trinajstić information content (AvgIpc) is 2.91. The lowest BCUT2D eigenvalue weighted by atomic mass is 9.99. The Kier molecular flexibility index (Phi) is 4.74. The van der Waals surface area contributed by atoms with Crippen LogP contribution in [-0.4, -0.2) is 48.3 Å². The Bertz CT molecular complexity index is 744. The second-order valence-corrected chi connectivity index (χ2v) is 7.33. The molecule has 7 heteroatoms. The van der Waals surface area contributed by atoms with Crippen molar-refractivity contribution in [3.05, 3.63) is 34.9 Å². The Labute approximate surface area is 152 Å². The van der Waals surface area contributed by atoms with Gasteiger partial charge in [-0.1, -0.05) is 12.1 Å². The summed E-state index contributed by atoms with van der Waals surface area (Å²) in [6, 6.07) is 5.21. The molecule has 0 spiro atoms. The average molecular weight is 356 g/mol. The fraction of sp³-hybridized carbons (Fsp3) is 0.526. The Morgan fingerprint density at radius 2 is 2.04 bits per heavy atom. The van der Waals surface area contributed by atoms with Gasteiger partial charge in [0.2, 0.25) is 11.8 Å². The van der Waals surface area contributed by atoms with Crippen molar-refractivity contribution >= 4 is 17.7 Å². The van der Waals surface area contributed by atoms with E-state index in [0.29, 0.717) is 18.5 Å². The second kappa shape index (κ2) is 7.17. The zero-order valence-corrected chi connectivity index (χ0v) is 14.7. The zero-order chi connectivity index (χ0) is 18.1. The quantitative estimate of drug-likeness (QED) is 0.499. The summed E-state index contributed by atoms with van der Waals surface area (Å²) in [5.74, 6) is 0.0311. The van der Waals surface area contributed by atoms with Crippen LogP contribution in [0.15, 0.2) is 18.2 Å². The predicted molar refractivity (Wildman–Crippen MR) is 95.2 cm³/mol. The van der Waals surface area contributed by atoms with Crippen molar-refractivity contribution in [3.63, 3.8) is 0 Å². The van der Waals surface area contributed by atoms with Gasteiger partial charge in [0.15, 0.2) is 0 Å². The van der Waals surface area contributed by atoms with E-state index in [2.05, 4.69) is 16.0 Å². The van der Waals surface area contributed by atoms with E-state index in [1.165, 1.54) is 0 Å². The number of amides is 3. The number of benzene rings is 1. The van der Waals surface area contributed by atoms with Gasteiger partial charge in [-0.25, -0.2) is 0 Å².